The van der Waals surface area contributed by atoms with Crippen LogP contribution in [0.2, 0.25) is 0 Å². The summed E-state index contributed by atoms with van der Waals surface area (Å²) < 4.78 is 11.1. The second-order valence-corrected chi connectivity index (χ2v) is 13.4. The van der Waals surface area contributed by atoms with Crippen molar-refractivity contribution in [3.63, 3.8) is 0 Å². The summed E-state index contributed by atoms with van der Waals surface area (Å²) in [4.78, 5) is 0. The van der Waals surface area contributed by atoms with Crippen LogP contribution in [-0.2, 0) is 0 Å². The van der Waals surface area contributed by atoms with Crippen LogP contribution in [0.5, 0.6) is 0 Å². The Morgan fingerprint density at radius 3 is 1.31 bits per heavy atom. The van der Waals surface area contributed by atoms with E-state index < -0.39 is 0 Å². The Morgan fingerprint density at radius 2 is 0.706 bits per heavy atom. The first-order chi connectivity index (χ1) is 25.3. The molecule has 11 aromatic rings. The summed E-state index contributed by atoms with van der Waals surface area (Å²) in [7, 11) is 0. The lowest BCUT2D eigenvalue weighted by Crippen LogP contribution is -1.94. The minimum Gasteiger partial charge on any atom is -0.456 e. The third-order valence-corrected chi connectivity index (χ3v) is 10.5. The molecule has 0 fully saturated rings. The van der Waals surface area contributed by atoms with Gasteiger partial charge in [-0.15, -0.1) is 0 Å². The molecule has 3 heteroatoms. The van der Waals surface area contributed by atoms with E-state index >= 15 is 0 Å². The second kappa shape index (κ2) is 10.8. The summed E-state index contributed by atoms with van der Waals surface area (Å²) in [6.45, 7) is 0. The van der Waals surface area contributed by atoms with E-state index in [1.807, 2.05) is 0 Å². The van der Waals surface area contributed by atoms with Gasteiger partial charge in [0.25, 0.3) is 0 Å². The van der Waals surface area contributed by atoms with E-state index in [0.717, 1.165) is 33.2 Å². The van der Waals surface area contributed by atoms with Crippen molar-refractivity contribution in [1.82, 2.24) is 9.13 Å². The molecule has 238 valence electrons. The van der Waals surface area contributed by atoms with Gasteiger partial charge in [-0.2, -0.15) is 0 Å². The molecule has 51 heavy (non-hydrogen) atoms. The summed E-state index contributed by atoms with van der Waals surface area (Å²) in [5.41, 5.74) is 13.6. The molecule has 0 amide bonds. The van der Waals surface area contributed by atoms with Crippen molar-refractivity contribution in [2.45, 2.75) is 0 Å². The topological polar surface area (TPSA) is 23.0 Å². The maximum absolute atomic E-state index is 6.39. The largest absolute Gasteiger partial charge is 0.456 e. The lowest BCUT2D eigenvalue weighted by Gasteiger charge is -2.10. The van der Waals surface area contributed by atoms with Gasteiger partial charge in [-0.25, -0.2) is 0 Å². The smallest absolute Gasteiger partial charge is 0.135 e. The zero-order valence-corrected chi connectivity index (χ0v) is 27.6. The van der Waals surface area contributed by atoms with E-state index in [-0.39, 0.29) is 0 Å². The molecular formula is C48H30N2O. The number of benzene rings is 8. The number of para-hydroxylation sites is 4. The summed E-state index contributed by atoms with van der Waals surface area (Å²) >= 11 is 0. The minimum atomic E-state index is 0.894. The van der Waals surface area contributed by atoms with Crippen LogP contribution in [0, 0.1) is 0 Å². The monoisotopic (exact) mass is 650 g/mol. The number of hydrogen-bond donors (Lipinski definition) is 0. The van der Waals surface area contributed by atoms with Crippen LogP contribution in [0.1, 0.15) is 0 Å². The van der Waals surface area contributed by atoms with Gasteiger partial charge in [0.15, 0.2) is 0 Å². The number of rotatable bonds is 4. The standard InChI is InChI=1S/C48H30N2O/c1-2-12-35(13-3-1)49-45-20-9-6-17-39(45)40-28-32(21-24-46(40)49)34-23-26-48-42(30-34)41-29-33(22-25-47(41)51-48)31-11-10-14-36(27-31)50-43-18-7-4-15-37(43)38-16-5-8-19-44(38)50/h1-30H. The van der Waals surface area contributed by atoms with E-state index in [9.17, 15) is 0 Å². The molecule has 0 N–H and O–H groups in total. The molecule has 0 unspecified atom stereocenters. The van der Waals surface area contributed by atoms with Gasteiger partial charge in [0.1, 0.15) is 11.2 Å². The van der Waals surface area contributed by atoms with Crippen LogP contribution in [0.15, 0.2) is 186 Å². The number of furan rings is 1. The molecule has 3 nitrogen and oxygen atoms in total. The van der Waals surface area contributed by atoms with E-state index in [0.29, 0.717) is 0 Å². The molecule has 3 aromatic heterocycles. The van der Waals surface area contributed by atoms with E-state index in [1.54, 1.807) is 0 Å². The third-order valence-electron chi connectivity index (χ3n) is 10.5. The molecule has 0 spiro atoms. The highest BCUT2D eigenvalue weighted by Crippen LogP contribution is 2.39. The molecule has 0 saturated heterocycles. The van der Waals surface area contributed by atoms with Crippen molar-refractivity contribution in [3.8, 4) is 33.6 Å². The Balaban J connectivity index is 1.03. The Bertz CT molecular complexity index is 3090. The number of nitrogens with zero attached hydrogens (tertiary/aromatic N) is 2. The fraction of sp³-hybridized carbons (Fsp3) is 0. The van der Waals surface area contributed by atoms with Crippen molar-refractivity contribution in [2.75, 3.05) is 0 Å². The van der Waals surface area contributed by atoms with Crippen LogP contribution in [0.4, 0.5) is 0 Å². The van der Waals surface area contributed by atoms with E-state index in [4.69, 9.17) is 4.42 Å². The Morgan fingerprint density at radius 1 is 0.275 bits per heavy atom. The minimum absolute atomic E-state index is 0.894. The number of fused-ring (bicyclic) bond motifs is 9. The molecule has 0 saturated carbocycles. The quantitative estimate of drug-likeness (QED) is 0.186. The fourth-order valence-corrected chi connectivity index (χ4v) is 8.17. The van der Waals surface area contributed by atoms with E-state index in [2.05, 4.69) is 191 Å². The molecule has 8 aromatic carbocycles. The highest BCUT2D eigenvalue weighted by atomic mass is 16.3. The van der Waals surface area contributed by atoms with Gasteiger partial charge in [-0.3, -0.25) is 0 Å². The van der Waals surface area contributed by atoms with Gasteiger partial charge in [0, 0.05) is 43.7 Å². The highest BCUT2D eigenvalue weighted by Gasteiger charge is 2.16. The Hall–Kier alpha value is -6.84. The first-order valence-corrected chi connectivity index (χ1v) is 17.4. The number of hydrogen-bond acceptors (Lipinski definition) is 1. The van der Waals surface area contributed by atoms with Crippen LogP contribution < -0.4 is 0 Å². The predicted molar refractivity (Wildman–Crippen MR) is 213 cm³/mol. The molecule has 0 aliphatic carbocycles. The van der Waals surface area contributed by atoms with Gasteiger partial charge in [-0.1, -0.05) is 103 Å². The van der Waals surface area contributed by atoms with Gasteiger partial charge < -0.3 is 13.6 Å². The van der Waals surface area contributed by atoms with Crippen LogP contribution in [-0.4, -0.2) is 9.13 Å². The average Bonchev–Trinajstić information content (AvgIpc) is 3.85. The van der Waals surface area contributed by atoms with Crippen molar-refractivity contribution in [3.05, 3.63) is 182 Å². The summed E-state index contributed by atoms with van der Waals surface area (Å²) in [6, 6.07) is 65.5. The summed E-state index contributed by atoms with van der Waals surface area (Å²) in [6.07, 6.45) is 0. The first-order valence-electron chi connectivity index (χ1n) is 17.4. The van der Waals surface area contributed by atoms with E-state index in [1.165, 1.54) is 66.0 Å². The first kappa shape index (κ1) is 28.0. The van der Waals surface area contributed by atoms with Crippen molar-refractivity contribution < 1.29 is 4.42 Å². The number of aromatic nitrogens is 2. The van der Waals surface area contributed by atoms with Gasteiger partial charge in [0.2, 0.25) is 0 Å². The SMILES string of the molecule is c1ccc(-n2c3ccccc3c3cc(-c4ccc5oc6ccc(-c7cccc(-n8c9ccccc9c9ccccc98)c7)cc6c5c4)ccc32)cc1. The highest BCUT2D eigenvalue weighted by molar-refractivity contribution is 6.12. The normalized spacial score (nSPS) is 11.9. The van der Waals surface area contributed by atoms with Crippen molar-refractivity contribution in [1.29, 1.82) is 0 Å². The van der Waals surface area contributed by atoms with Crippen LogP contribution >= 0.6 is 0 Å². The zero-order valence-electron chi connectivity index (χ0n) is 27.6. The molecular weight excluding hydrogens is 621 g/mol. The molecule has 11 rings (SSSR count). The van der Waals surface area contributed by atoms with Crippen molar-refractivity contribution >= 4 is 65.6 Å². The van der Waals surface area contributed by atoms with Gasteiger partial charge in [0.05, 0.1) is 22.1 Å². The molecule has 0 radical (unpaired) electrons. The van der Waals surface area contributed by atoms with Gasteiger partial charge >= 0.3 is 0 Å². The van der Waals surface area contributed by atoms with Gasteiger partial charge in [-0.05, 0) is 101 Å². The van der Waals surface area contributed by atoms with Crippen LogP contribution in [0.25, 0.3) is 99.2 Å². The maximum atomic E-state index is 6.39. The molecule has 0 aliphatic rings. The molecule has 3 heterocycles. The Kier molecular flexibility index (Phi) is 5.96. The van der Waals surface area contributed by atoms with Crippen LogP contribution in [0.3, 0.4) is 0 Å². The molecule has 0 atom stereocenters. The summed E-state index contributed by atoms with van der Waals surface area (Å²) in [5, 5.41) is 7.27. The lowest BCUT2D eigenvalue weighted by atomic mass is 9.99. The fourth-order valence-electron chi connectivity index (χ4n) is 8.17. The summed E-state index contributed by atoms with van der Waals surface area (Å²) in [5.74, 6) is 0. The second-order valence-electron chi connectivity index (χ2n) is 13.4. The molecule has 0 aliphatic heterocycles. The predicted octanol–water partition coefficient (Wildman–Crippen LogP) is 13.1. The average molecular weight is 651 g/mol. The lowest BCUT2D eigenvalue weighted by molar-refractivity contribution is 0.669. The maximum Gasteiger partial charge on any atom is 0.135 e. The zero-order chi connectivity index (χ0) is 33.5. The molecule has 0 bridgehead atoms. The third kappa shape index (κ3) is 4.25. The Labute approximate surface area is 293 Å². The van der Waals surface area contributed by atoms with Crippen molar-refractivity contribution in [2.24, 2.45) is 0 Å².